The number of hydrogen-bond donors (Lipinski definition) is 1. The summed E-state index contributed by atoms with van der Waals surface area (Å²) in [4.78, 5) is 0. The van der Waals surface area contributed by atoms with E-state index in [0.29, 0.717) is 19.8 Å². The first-order valence-corrected chi connectivity index (χ1v) is 6.85. The molecule has 3 heteroatoms. The van der Waals surface area contributed by atoms with Crippen LogP contribution in [0.3, 0.4) is 0 Å². The van der Waals surface area contributed by atoms with Gasteiger partial charge in [-0.05, 0) is 37.0 Å². The minimum absolute atomic E-state index is 0.272. The molecule has 0 amide bonds. The van der Waals surface area contributed by atoms with E-state index in [4.69, 9.17) is 15.2 Å². The van der Waals surface area contributed by atoms with Crippen LogP contribution >= 0.6 is 0 Å². The second kappa shape index (κ2) is 7.96. The van der Waals surface area contributed by atoms with Gasteiger partial charge in [0.25, 0.3) is 0 Å². The zero-order valence-corrected chi connectivity index (χ0v) is 11.2. The molecule has 1 aromatic rings. The molecule has 0 bridgehead atoms. The van der Waals surface area contributed by atoms with Gasteiger partial charge < -0.3 is 15.2 Å². The summed E-state index contributed by atoms with van der Waals surface area (Å²) in [6, 6.07) is 8.08. The van der Waals surface area contributed by atoms with Crippen molar-refractivity contribution in [1.82, 2.24) is 0 Å². The van der Waals surface area contributed by atoms with E-state index in [1.165, 1.54) is 12.8 Å². The molecule has 1 saturated heterocycles. The average molecular weight is 259 g/mol. The van der Waals surface area contributed by atoms with Crippen molar-refractivity contribution in [3.8, 4) is 11.8 Å². The van der Waals surface area contributed by atoms with E-state index in [1.807, 2.05) is 18.2 Å². The lowest BCUT2D eigenvalue weighted by Gasteiger charge is -2.22. The Morgan fingerprint density at radius 1 is 1.37 bits per heavy atom. The summed E-state index contributed by atoms with van der Waals surface area (Å²) in [5, 5.41) is 0. The molecule has 1 fully saturated rings. The number of rotatable bonds is 4. The van der Waals surface area contributed by atoms with Crippen molar-refractivity contribution in [3.63, 3.8) is 0 Å². The van der Waals surface area contributed by atoms with Crippen LogP contribution in [0.25, 0.3) is 0 Å². The summed E-state index contributed by atoms with van der Waals surface area (Å²) in [6.45, 7) is 2.55. The Bertz CT molecular complexity index is 442. The van der Waals surface area contributed by atoms with Crippen LogP contribution in [0.4, 0.5) is 0 Å². The van der Waals surface area contributed by atoms with Crippen molar-refractivity contribution in [3.05, 3.63) is 35.4 Å². The zero-order valence-electron chi connectivity index (χ0n) is 11.2. The number of nitrogens with two attached hydrogens (primary N) is 1. The maximum atomic E-state index is 5.72. The Kier molecular flexibility index (Phi) is 5.90. The van der Waals surface area contributed by atoms with Crippen molar-refractivity contribution in [2.24, 2.45) is 5.73 Å². The molecule has 1 aliphatic heterocycles. The Morgan fingerprint density at radius 3 is 3.11 bits per heavy atom. The first-order valence-electron chi connectivity index (χ1n) is 6.85. The molecule has 1 aromatic carbocycles. The molecule has 102 valence electrons. The van der Waals surface area contributed by atoms with Crippen LogP contribution in [0.5, 0.6) is 0 Å². The Morgan fingerprint density at radius 2 is 2.32 bits per heavy atom. The van der Waals surface area contributed by atoms with Gasteiger partial charge in [-0.25, -0.2) is 0 Å². The van der Waals surface area contributed by atoms with Crippen molar-refractivity contribution < 1.29 is 9.47 Å². The molecule has 0 aromatic heterocycles. The standard InChI is InChI=1S/C16H21NO2/c17-9-4-7-14-5-3-6-15(11-14)12-18-13-16-8-1-2-10-19-16/h3,5-6,11,16H,1-2,8-10,12-13,17H2. The van der Waals surface area contributed by atoms with Gasteiger partial charge in [0.2, 0.25) is 0 Å². The predicted molar refractivity (Wildman–Crippen MR) is 75.6 cm³/mol. The summed E-state index contributed by atoms with van der Waals surface area (Å²) in [5.74, 6) is 5.89. The van der Waals surface area contributed by atoms with Gasteiger partial charge in [-0.15, -0.1) is 0 Å². The highest BCUT2D eigenvalue weighted by atomic mass is 16.5. The van der Waals surface area contributed by atoms with Crippen molar-refractivity contribution >= 4 is 0 Å². The third kappa shape index (κ3) is 5.04. The van der Waals surface area contributed by atoms with E-state index in [1.54, 1.807) is 0 Å². The molecular weight excluding hydrogens is 238 g/mol. The topological polar surface area (TPSA) is 44.5 Å². The highest BCUT2D eigenvalue weighted by Crippen LogP contribution is 2.13. The monoisotopic (exact) mass is 259 g/mol. The molecule has 2 rings (SSSR count). The van der Waals surface area contributed by atoms with Gasteiger partial charge in [-0.3, -0.25) is 0 Å². The largest absolute Gasteiger partial charge is 0.376 e. The summed E-state index contributed by atoms with van der Waals surface area (Å²) in [7, 11) is 0. The van der Waals surface area contributed by atoms with Crippen molar-refractivity contribution in [2.45, 2.75) is 32.0 Å². The smallest absolute Gasteiger partial charge is 0.0808 e. The molecule has 0 saturated carbocycles. The fraction of sp³-hybridized carbons (Fsp3) is 0.500. The molecule has 1 atom stereocenters. The molecule has 0 aliphatic carbocycles. The molecule has 1 aliphatic rings. The second-order valence-electron chi connectivity index (χ2n) is 4.71. The van der Waals surface area contributed by atoms with Crippen LogP contribution in [0.2, 0.25) is 0 Å². The summed E-state index contributed by atoms with van der Waals surface area (Å²) in [6.07, 6.45) is 3.81. The van der Waals surface area contributed by atoms with Crippen molar-refractivity contribution in [1.29, 1.82) is 0 Å². The minimum atomic E-state index is 0.272. The van der Waals surface area contributed by atoms with Crippen LogP contribution in [-0.4, -0.2) is 25.9 Å². The lowest BCUT2D eigenvalue weighted by Crippen LogP contribution is -2.24. The summed E-state index contributed by atoms with van der Waals surface area (Å²) >= 11 is 0. The highest BCUT2D eigenvalue weighted by Gasteiger charge is 2.13. The first kappa shape index (κ1) is 14.1. The zero-order chi connectivity index (χ0) is 13.3. The highest BCUT2D eigenvalue weighted by molar-refractivity contribution is 5.37. The van der Waals surface area contributed by atoms with Gasteiger partial charge >= 0.3 is 0 Å². The molecule has 1 unspecified atom stereocenters. The fourth-order valence-corrected chi connectivity index (χ4v) is 2.14. The van der Waals surface area contributed by atoms with Gasteiger partial charge in [-0.2, -0.15) is 0 Å². The van der Waals surface area contributed by atoms with E-state index >= 15 is 0 Å². The Hall–Kier alpha value is -1.34. The average Bonchev–Trinajstić information content (AvgIpc) is 2.47. The lowest BCUT2D eigenvalue weighted by molar-refractivity contribution is -0.0447. The van der Waals surface area contributed by atoms with E-state index in [-0.39, 0.29) is 6.10 Å². The molecule has 3 nitrogen and oxygen atoms in total. The Labute approximate surface area is 115 Å². The molecule has 0 radical (unpaired) electrons. The Balaban J connectivity index is 1.78. The normalized spacial score (nSPS) is 18.7. The minimum Gasteiger partial charge on any atom is -0.376 e. The van der Waals surface area contributed by atoms with Crippen LogP contribution in [0.15, 0.2) is 24.3 Å². The third-order valence-corrected chi connectivity index (χ3v) is 3.11. The SMILES string of the molecule is NCC#Cc1cccc(COCC2CCCCO2)c1. The first-order chi connectivity index (χ1) is 9.38. The van der Waals surface area contributed by atoms with E-state index < -0.39 is 0 Å². The van der Waals surface area contributed by atoms with Crippen LogP contribution < -0.4 is 5.73 Å². The third-order valence-electron chi connectivity index (χ3n) is 3.11. The molecule has 2 N–H and O–H groups in total. The maximum Gasteiger partial charge on any atom is 0.0808 e. The van der Waals surface area contributed by atoms with Gasteiger partial charge in [0, 0.05) is 12.2 Å². The second-order valence-corrected chi connectivity index (χ2v) is 4.71. The van der Waals surface area contributed by atoms with E-state index in [0.717, 1.165) is 24.2 Å². The molecular formula is C16H21NO2. The van der Waals surface area contributed by atoms with Crippen LogP contribution in [0.1, 0.15) is 30.4 Å². The van der Waals surface area contributed by atoms with Crippen LogP contribution in [0, 0.1) is 11.8 Å². The maximum absolute atomic E-state index is 5.72. The number of benzene rings is 1. The van der Waals surface area contributed by atoms with Gasteiger partial charge in [0.15, 0.2) is 0 Å². The molecule has 0 spiro atoms. The summed E-state index contributed by atoms with van der Waals surface area (Å²) < 4.78 is 11.4. The van der Waals surface area contributed by atoms with Gasteiger partial charge in [0.1, 0.15) is 0 Å². The van der Waals surface area contributed by atoms with Crippen molar-refractivity contribution in [2.75, 3.05) is 19.8 Å². The number of ether oxygens (including phenoxy) is 2. The van der Waals surface area contributed by atoms with Gasteiger partial charge in [-0.1, -0.05) is 24.0 Å². The predicted octanol–water partition coefficient (Wildman–Crippen LogP) is 2.08. The molecule has 1 heterocycles. The quantitative estimate of drug-likeness (QED) is 0.842. The molecule has 19 heavy (non-hydrogen) atoms. The van der Waals surface area contributed by atoms with E-state index in [9.17, 15) is 0 Å². The lowest BCUT2D eigenvalue weighted by atomic mass is 10.1. The van der Waals surface area contributed by atoms with Crippen LogP contribution in [-0.2, 0) is 16.1 Å². The number of hydrogen-bond acceptors (Lipinski definition) is 3. The van der Waals surface area contributed by atoms with E-state index in [2.05, 4.69) is 17.9 Å². The fourth-order valence-electron chi connectivity index (χ4n) is 2.14. The summed E-state index contributed by atoms with van der Waals surface area (Å²) in [5.41, 5.74) is 7.49. The van der Waals surface area contributed by atoms with Gasteiger partial charge in [0.05, 0.1) is 25.9 Å².